The maximum absolute atomic E-state index is 12.1. The van der Waals surface area contributed by atoms with Crippen LogP contribution in [0.25, 0.3) is 0 Å². The number of aromatic nitrogens is 2. The van der Waals surface area contributed by atoms with E-state index in [0.29, 0.717) is 12.2 Å². The van der Waals surface area contributed by atoms with Gasteiger partial charge in [0.15, 0.2) is 0 Å². The highest BCUT2D eigenvalue weighted by Gasteiger charge is 2.23. The van der Waals surface area contributed by atoms with E-state index >= 15 is 0 Å². The molecular weight excluding hydrogens is 242 g/mol. The number of hydrogen-bond acceptors (Lipinski definition) is 4. The third-order valence-corrected chi connectivity index (χ3v) is 3.76. The van der Waals surface area contributed by atoms with Gasteiger partial charge in [0, 0.05) is 31.4 Å². The third-order valence-electron chi connectivity index (χ3n) is 3.76. The molecule has 0 bridgehead atoms. The first-order valence-electron chi connectivity index (χ1n) is 6.67. The number of carbonyl (C=O) groups excluding carboxylic acids is 1. The van der Waals surface area contributed by atoms with E-state index in [0.717, 1.165) is 25.5 Å². The second-order valence-electron chi connectivity index (χ2n) is 5.81. The summed E-state index contributed by atoms with van der Waals surface area (Å²) in [5, 5.41) is 6.14. The fourth-order valence-corrected chi connectivity index (χ4v) is 1.83. The van der Waals surface area contributed by atoms with Gasteiger partial charge in [-0.2, -0.15) is 0 Å². The summed E-state index contributed by atoms with van der Waals surface area (Å²) in [6.45, 7) is 6.62. The van der Waals surface area contributed by atoms with Crippen molar-refractivity contribution in [2.75, 3.05) is 32.5 Å². The van der Waals surface area contributed by atoms with E-state index in [9.17, 15) is 4.79 Å². The van der Waals surface area contributed by atoms with Crippen molar-refractivity contribution in [1.82, 2.24) is 19.8 Å². The van der Waals surface area contributed by atoms with Gasteiger partial charge in [-0.05, 0) is 34.4 Å². The van der Waals surface area contributed by atoms with E-state index < -0.39 is 0 Å². The number of fused-ring (bicyclic) bond motifs is 1. The van der Waals surface area contributed by atoms with Crippen LogP contribution < -0.4 is 10.6 Å². The van der Waals surface area contributed by atoms with E-state index in [-0.39, 0.29) is 11.4 Å². The van der Waals surface area contributed by atoms with Crippen molar-refractivity contribution >= 4 is 11.9 Å². The fraction of sp³-hybridized carbons (Fsp3) is 0.692. The third kappa shape index (κ3) is 3.07. The molecule has 106 valence electrons. The minimum atomic E-state index is -0.112. The maximum atomic E-state index is 12.1. The quantitative estimate of drug-likeness (QED) is 0.844. The Morgan fingerprint density at radius 2 is 2.32 bits per heavy atom. The van der Waals surface area contributed by atoms with Crippen molar-refractivity contribution in [2.24, 2.45) is 0 Å². The number of likely N-dealkylation sites (N-methyl/N-ethyl adjacent to an activating group) is 1. The van der Waals surface area contributed by atoms with E-state index in [1.807, 2.05) is 24.9 Å². The van der Waals surface area contributed by atoms with Gasteiger partial charge in [0.2, 0.25) is 5.95 Å². The number of nitrogens with zero attached hydrogens (tertiary/aromatic N) is 3. The summed E-state index contributed by atoms with van der Waals surface area (Å²) < 4.78 is 2.00. The van der Waals surface area contributed by atoms with E-state index in [4.69, 9.17) is 0 Å². The van der Waals surface area contributed by atoms with Crippen LogP contribution in [0.5, 0.6) is 0 Å². The number of imidazole rings is 1. The van der Waals surface area contributed by atoms with Crippen LogP contribution in [0.2, 0.25) is 0 Å². The minimum Gasteiger partial charge on any atom is -0.356 e. The topological polar surface area (TPSA) is 62.2 Å². The average Bonchev–Trinajstić information content (AvgIpc) is 2.79. The smallest absolute Gasteiger partial charge is 0.271 e. The highest BCUT2D eigenvalue weighted by atomic mass is 16.1. The first kappa shape index (κ1) is 13.9. The summed E-state index contributed by atoms with van der Waals surface area (Å²) in [6, 6.07) is 0. The normalized spacial score (nSPS) is 15.0. The molecule has 6 nitrogen and oxygen atoms in total. The SMILES string of the molecule is CN(C)C(C)(C)CNC(=O)c1cn2c(n1)NCCC2. The Balaban J connectivity index is 1.99. The lowest BCUT2D eigenvalue weighted by Crippen LogP contribution is -2.48. The van der Waals surface area contributed by atoms with Gasteiger partial charge in [-0.3, -0.25) is 4.79 Å². The van der Waals surface area contributed by atoms with Crippen LogP contribution in [0.1, 0.15) is 30.8 Å². The van der Waals surface area contributed by atoms with Gasteiger partial charge in [-0.15, -0.1) is 0 Å². The molecule has 1 aliphatic heterocycles. The van der Waals surface area contributed by atoms with E-state index in [2.05, 4.69) is 34.4 Å². The van der Waals surface area contributed by atoms with Crippen LogP contribution >= 0.6 is 0 Å². The number of carbonyl (C=O) groups is 1. The molecule has 0 fully saturated rings. The number of rotatable bonds is 4. The molecule has 6 heteroatoms. The molecule has 1 amide bonds. The van der Waals surface area contributed by atoms with Gasteiger partial charge < -0.3 is 20.1 Å². The average molecular weight is 265 g/mol. The summed E-state index contributed by atoms with van der Waals surface area (Å²) >= 11 is 0. The Kier molecular flexibility index (Phi) is 3.80. The molecule has 0 radical (unpaired) electrons. The van der Waals surface area contributed by atoms with Crippen LogP contribution in [0.4, 0.5) is 5.95 Å². The molecule has 0 atom stereocenters. The molecule has 1 aromatic heterocycles. The van der Waals surface area contributed by atoms with Crippen LogP contribution in [-0.2, 0) is 6.54 Å². The Bertz CT molecular complexity index is 440. The van der Waals surface area contributed by atoms with Crippen LogP contribution in [-0.4, -0.2) is 53.1 Å². The standard InChI is InChI=1S/C13H23N5O/c1-13(2,17(3)4)9-15-11(19)10-8-18-7-5-6-14-12(18)16-10/h8H,5-7,9H2,1-4H3,(H,14,16)(H,15,19). The summed E-state index contributed by atoms with van der Waals surface area (Å²) in [6.07, 6.45) is 2.89. The van der Waals surface area contributed by atoms with Crippen molar-refractivity contribution in [2.45, 2.75) is 32.4 Å². The second kappa shape index (κ2) is 5.21. The number of nitrogens with one attached hydrogen (secondary N) is 2. The minimum absolute atomic E-state index is 0.0761. The van der Waals surface area contributed by atoms with Crippen molar-refractivity contribution in [3.63, 3.8) is 0 Å². The van der Waals surface area contributed by atoms with E-state index in [1.165, 1.54) is 0 Å². The Hall–Kier alpha value is -1.56. The monoisotopic (exact) mass is 265 g/mol. The molecule has 2 rings (SSSR count). The Morgan fingerprint density at radius 3 is 2.95 bits per heavy atom. The lowest BCUT2D eigenvalue weighted by molar-refractivity contribution is 0.0915. The van der Waals surface area contributed by atoms with Gasteiger partial charge in [0.05, 0.1) is 0 Å². The zero-order chi connectivity index (χ0) is 14.0. The molecule has 19 heavy (non-hydrogen) atoms. The van der Waals surface area contributed by atoms with Gasteiger partial charge in [0.1, 0.15) is 5.69 Å². The molecule has 1 aromatic rings. The first-order chi connectivity index (χ1) is 8.90. The number of hydrogen-bond donors (Lipinski definition) is 2. The Labute approximate surface area is 114 Å². The van der Waals surface area contributed by atoms with Crippen LogP contribution in [0.3, 0.4) is 0 Å². The zero-order valence-electron chi connectivity index (χ0n) is 12.2. The van der Waals surface area contributed by atoms with Crippen LogP contribution in [0.15, 0.2) is 6.20 Å². The predicted octanol–water partition coefficient (Wildman–Crippen LogP) is 0.769. The number of amides is 1. The molecule has 0 aliphatic carbocycles. The Morgan fingerprint density at radius 1 is 1.58 bits per heavy atom. The molecule has 0 saturated heterocycles. The number of aryl methyl sites for hydroxylation is 1. The molecule has 2 heterocycles. The summed E-state index contributed by atoms with van der Waals surface area (Å²) in [5.41, 5.74) is 0.409. The van der Waals surface area contributed by atoms with Gasteiger partial charge in [-0.25, -0.2) is 4.98 Å². The predicted molar refractivity (Wildman–Crippen MR) is 75.4 cm³/mol. The molecular formula is C13H23N5O. The molecule has 2 N–H and O–H groups in total. The van der Waals surface area contributed by atoms with Gasteiger partial charge in [0.25, 0.3) is 5.91 Å². The molecule has 1 aliphatic rings. The first-order valence-corrected chi connectivity index (χ1v) is 6.67. The largest absolute Gasteiger partial charge is 0.356 e. The van der Waals surface area contributed by atoms with Gasteiger partial charge in [-0.1, -0.05) is 0 Å². The molecule has 0 saturated carbocycles. The van der Waals surface area contributed by atoms with Crippen molar-refractivity contribution in [3.05, 3.63) is 11.9 Å². The zero-order valence-corrected chi connectivity index (χ0v) is 12.2. The van der Waals surface area contributed by atoms with Gasteiger partial charge >= 0.3 is 0 Å². The van der Waals surface area contributed by atoms with E-state index in [1.54, 1.807) is 0 Å². The second-order valence-corrected chi connectivity index (χ2v) is 5.81. The number of anilines is 1. The fourth-order valence-electron chi connectivity index (χ4n) is 1.83. The molecule has 0 spiro atoms. The maximum Gasteiger partial charge on any atom is 0.271 e. The molecule has 0 aromatic carbocycles. The lowest BCUT2D eigenvalue weighted by Gasteiger charge is -2.32. The highest BCUT2D eigenvalue weighted by Crippen LogP contribution is 2.14. The van der Waals surface area contributed by atoms with Crippen molar-refractivity contribution in [3.8, 4) is 0 Å². The summed E-state index contributed by atoms with van der Waals surface area (Å²) in [7, 11) is 4.01. The van der Waals surface area contributed by atoms with Crippen molar-refractivity contribution in [1.29, 1.82) is 0 Å². The van der Waals surface area contributed by atoms with Crippen LogP contribution in [0, 0.1) is 0 Å². The molecule has 0 unspecified atom stereocenters. The summed E-state index contributed by atoms with van der Waals surface area (Å²) in [5.74, 6) is 0.682. The highest BCUT2D eigenvalue weighted by molar-refractivity contribution is 5.92. The lowest BCUT2D eigenvalue weighted by atomic mass is 10.0. The van der Waals surface area contributed by atoms with Crippen molar-refractivity contribution < 1.29 is 4.79 Å². The summed E-state index contributed by atoms with van der Waals surface area (Å²) in [4.78, 5) is 18.5.